The zero-order chi connectivity index (χ0) is 30.6. The quantitative estimate of drug-likeness (QED) is 0.111. The van der Waals surface area contributed by atoms with E-state index >= 15 is 0 Å². The average Bonchev–Trinajstić information content (AvgIpc) is 2.97. The Morgan fingerprint density at radius 1 is 0.524 bits per heavy atom. The maximum atomic E-state index is 13.9. The van der Waals surface area contributed by atoms with Gasteiger partial charge in [0.1, 0.15) is 0 Å². The molecule has 0 heterocycles. The largest absolute Gasteiger partial charge is 0.524 e. The first-order valence-corrected chi connectivity index (χ1v) is 18.2. The lowest BCUT2D eigenvalue weighted by Gasteiger charge is -2.39. The lowest BCUT2D eigenvalue weighted by molar-refractivity contribution is -0.0496. The molecule has 0 atom stereocenters. The predicted octanol–water partition coefficient (Wildman–Crippen LogP) is 10.9. The van der Waals surface area contributed by atoms with Gasteiger partial charge < -0.3 is 0 Å². The fraction of sp³-hybridized carbons (Fsp3) is 0.471. The summed E-state index contributed by atoms with van der Waals surface area (Å²) in [7, 11) is -9.25. The van der Waals surface area contributed by atoms with Gasteiger partial charge in [-0.1, -0.05) is 95.7 Å². The monoisotopic (exact) mass is 622 g/mol. The van der Waals surface area contributed by atoms with Crippen LogP contribution in [0.3, 0.4) is 0 Å². The fourth-order valence-electron chi connectivity index (χ4n) is 4.98. The molecule has 0 aliphatic heterocycles. The molecule has 3 aromatic rings. The minimum absolute atomic E-state index is 0.409. The van der Waals surface area contributed by atoms with E-state index in [1.165, 1.54) is 0 Å². The van der Waals surface area contributed by atoms with E-state index in [2.05, 4.69) is 20.8 Å². The number of hydrogen-bond acceptors (Lipinski definition) is 3. The minimum Gasteiger partial charge on any atom is -0.200 e. The van der Waals surface area contributed by atoms with Crippen LogP contribution in [-0.2, 0) is 33.0 Å². The van der Waals surface area contributed by atoms with Gasteiger partial charge >= 0.3 is 15.6 Å². The maximum Gasteiger partial charge on any atom is 0.524 e. The molecule has 0 unspecified atom stereocenters. The molecule has 8 heteroatoms. The van der Waals surface area contributed by atoms with Gasteiger partial charge in [-0.25, -0.2) is 0 Å². The van der Waals surface area contributed by atoms with Crippen molar-refractivity contribution < 1.29 is 25.2 Å². The van der Waals surface area contributed by atoms with Crippen LogP contribution in [0.4, 0.5) is 13.2 Å². The highest BCUT2D eigenvalue weighted by molar-refractivity contribution is 8.33. The molecule has 3 nitrogen and oxygen atoms in total. The smallest absolute Gasteiger partial charge is 0.200 e. The summed E-state index contributed by atoms with van der Waals surface area (Å²) in [4.78, 5) is 1.23. The molecule has 42 heavy (non-hydrogen) atoms. The van der Waals surface area contributed by atoms with E-state index in [-0.39, 0.29) is 0 Å². The van der Waals surface area contributed by atoms with Crippen LogP contribution in [0.15, 0.2) is 87.5 Å². The molecule has 0 aliphatic carbocycles. The summed E-state index contributed by atoms with van der Waals surface area (Å²) >= 11 is 0. The first-order chi connectivity index (χ1) is 20.1. The van der Waals surface area contributed by atoms with E-state index in [4.69, 9.17) is 3.63 Å². The van der Waals surface area contributed by atoms with Crippen molar-refractivity contribution in [3.63, 3.8) is 0 Å². The Morgan fingerprint density at radius 2 is 0.810 bits per heavy atom. The van der Waals surface area contributed by atoms with Gasteiger partial charge in [0.2, 0.25) is 0 Å². The van der Waals surface area contributed by atoms with Crippen LogP contribution in [0.2, 0.25) is 0 Å². The van der Waals surface area contributed by atoms with E-state index in [0.29, 0.717) is 14.7 Å². The van der Waals surface area contributed by atoms with Gasteiger partial charge in [-0.3, -0.25) is 0 Å². The second kappa shape index (κ2) is 16.0. The van der Waals surface area contributed by atoms with Crippen LogP contribution in [0.25, 0.3) is 0 Å². The van der Waals surface area contributed by atoms with Crippen LogP contribution >= 0.6 is 10.3 Å². The van der Waals surface area contributed by atoms with Crippen molar-refractivity contribution in [2.24, 2.45) is 0 Å². The molecular formula is C34H45F3O3S2. The Hall–Kier alpha value is -2.29. The van der Waals surface area contributed by atoms with Crippen LogP contribution in [0.5, 0.6) is 0 Å². The first-order valence-electron chi connectivity index (χ1n) is 15.2. The number of aryl methyl sites for hydroxylation is 3. The Morgan fingerprint density at radius 3 is 1.05 bits per heavy atom. The number of benzene rings is 3. The molecule has 0 N–H and O–H groups in total. The Bertz CT molecular complexity index is 1190. The standard InChI is InChI=1S/C34H45F3O3S2/c1-4-7-10-13-28-16-22-31(23-17-28)41(40-42(38,39)34(35,36)37,32-24-18-29(19-25-32)14-11-8-5-2)33-26-20-30(21-27-33)15-12-9-6-3/h16-27H,4-15H2,1-3H3. The third-order valence-electron chi connectivity index (χ3n) is 7.45. The Kier molecular flexibility index (Phi) is 13.0. The molecule has 0 saturated heterocycles. The van der Waals surface area contributed by atoms with Gasteiger partial charge in [0.05, 0.1) is 0 Å². The van der Waals surface area contributed by atoms with E-state index in [0.717, 1.165) is 93.7 Å². The summed E-state index contributed by atoms with van der Waals surface area (Å²) in [6, 6.07) is 21.8. The molecule has 0 saturated carbocycles. The summed E-state index contributed by atoms with van der Waals surface area (Å²) in [5, 5.41) is 0. The van der Waals surface area contributed by atoms with E-state index in [1.807, 2.05) is 36.4 Å². The van der Waals surface area contributed by atoms with Gasteiger partial charge in [-0.15, -0.1) is 0 Å². The van der Waals surface area contributed by atoms with Gasteiger partial charge in [-0.05, 0) is 102 Å². The van der Waals surface area contributed by atoms with Gasteiger partial charge in [-0.2, -0.15) is 25.2 Å². The molecule has 3 rings (SSSR count). The second-order valence-electron chi connectivity index (χ2n) is 10.8. The van der Waals surface area contributed by atoms with Crippen LogP contribution < -0.4 is 0 Å². The number of halogens is 3. The summed E-state index contributed by atoms with van der Waals surface area (Å²) in [5.74, 6) is 0. The highest BCUT2D eigenvalue weighted by atomic mass is 32.3. The summed E-state index contributed by atoms with van der Waals surface area (Å²) in [5.41, 5.74) is -2.41. The Labute approximate surface area is 252 Å². The third kappa shape index (κ3) is 8.87. The van der Waals surface area contributed by atoms with E-state index in [9.17, 15) is 21.6 Å². The molecule has 0 spiro atoms. The summed E-state index contributed by atoms with van der Waals surface area (Å²) in [6.45, 7) is 6.39. The van der Waals surface area contributed by atoms with Crippen LogP contribution in [0.1, 0.15) is 95.2 Å². The molecule has 0 amide bonds. The van der Waals surface area contributed by atoms with Crippen LogP contribution in [0, 0.1) is 0 Å². The topological polar surface area (TPSA) is 43.4 Å². The van der Waals surface area contributed by atoms with Crippen molar-refractivity contribution in [2.75, 3.05) is 0 Å². The Balaban J connectivity index is 2.19. The molecule has 0 aromatic heterocycles. The van der Waals surface area contributed by atoms with E-state index in [1.54, 1.807) is 36.4 Å². The predicted molar refractivity (Wildman–Crippen MR) is 167 cm³/mol. The molecule has 0 aliphatic rings. The van der Waals surface area contributed by atoms with Crippen molar-refractivity contribution in [2.45, 2.75) is 118 Å². The van der Waals surface area contributed by atoms with E-state index < -0.39 is 25.9 Å². The van der Waals surface area contributed by atoms with Crippen molar-refractivity contribution in [3.05, 3.63) is 89.5 Å². The number of hydrogen-bond donors (Lipinski definition) is 0. The molecule has 3 aromatic carbocycles. The van der Waals surface area contributed by atoms with Crippen molar-refractivity contribution in [3.8, 4) is 0 Å². The highest BCUT2D eigenvalue weighted by Crippen LogP contribution is 2.70. The highest BCUT2D eigenvalue weighted by Gasteiger charge is 2.52. The SMILES string of the molecule is CCCCCc1ccc(S(OS(=O)(=O)C(F)(F)F)(c2ccc(CCCCC)cc2)c2ccc(CCCCC)cc2)cc1. The number of rotatable bonds is 17. The lowest BCUT2D eigenvalue weighted by Crippen LogP contribution is -2.27. The van der Waals surface area contributed by atoms with Gasteiger partial charge in [0.15, 0.2) is 0 Å². The fourth-order valence-corrected chi connectivity index (χ4v) is 9.68. The number of unbranched alkanes of at least 4 members (excludes halogenated alkanes) is 6. The van der Waals surface area contributed by atoms with Crippen molar-refractivity contribution >= 4 is 20.4 Å². The van der Waals surface area contributed by atoms with Crippen molar-refractivity contribution in [1.29, 1.82) is 0 Å². The summed E-state index contributed by atoms with van der Waals surface area (Å²) < 4.78 is 72.8. The molecule has 0 bridgehead atoms. The first kappa shape index (κ1) is 34.2. The minimum atomic E-state index is -5.95. The molecule has 232 valence electrons. The zero-order valence-electron chi connectivity index (χ0n) is 25.1. The lowest BCUT2D eigenvalue weighted by atomic mass is 10.1. The summed E-state index contributed by atoms with van der Waals surface area (Å²) in [6.07, 6.45) is 12.0. The maximum absolute atomic E-state index is 13.9. The molecule has 0 radical (unpaired) electrons. The van der Waals surface area contributed by atoms with Crippen LogP contribution in [-0.4, -0.2) is 13.9 Å². The average molecular weight is 623 g/mol. The third-order valence-corrected chi connectivity index (χ3v) is 12.4. The molecular weight excluding hydrogens is 577 g/mol. The normalized spacial score (nSPS) is 12.9. The van der Waals surface area contributed by atoms with Crippen molar-refractivity contribution in [1.82, 2.24) is 0 Å². The number of alkyl halides is 3. The zero-order valence-corrected chi connectivity index (χ0v) is 26.7. The van der Waals surface area contributed by atoms with Gasteiger partial charge in [0.25, 0.3) is 0 Å². The second-order valence-corrected chi connectivity index (χ2v) is 15.3. The van der Waals surface area contributed by atoms with Gasteiger partial charge in [0, 0.05) is 14.7 Å². The molecule has 0 fully saturated rings.